The molecule has 16 valence electrons. The van der Waals surface area contributed by atoms with E-state index in [4.69, 9.17) is 0 Å². The van der Waals surface area contributed by atoms with Crippen molar-refractivity contribution in [2.24, 2.45) is 0 Å². The van der Waals surface area contributed by atoms with Crippen LogP contribution in [0.4, 0.5) is 0 Å². The second-order valence-electron chi connectivity index (χ2n) is 0. The van der Waals surface area contributed by atoms with E-state index in [0.29, 0.717) is 0 Å². The molecule has 0 rings (SSSR count). The fourth-order valence-corrected chi connectivity index (χ4v) is 0. The SMILES string of the molecule is [Mg+2].[Na+].[Na+].[O-2].[O-2]. The van der Waals surface area contributed by atoms with Gasteiger partial charge in [-0.15, -0.1) is 0 Å². The monoisotopic (exact) mass is 102 g/mol. The Kier molecular flexibility index (Phi) is 285. The fraction of sp³-hybridized carbons (Fsp3) is 0. The van der Waals surface area contributed by atoms with Crippen LogP contribution in [-0.4, -0.2) is 23.1 Å². The third kappa shape index (κ3) is 20.3. The van der Waals surface area contributed by atoms with Crippen LogP contribution >= 0.6 is 0 Å². The van der Waals surface area contributed by atoms with E-state index in [1.165, 1.54) is 0 Å². The maximum Gasteiger partial charge on any atom is 2.00 e. The van der Waals surface area contributed by atoms with Gasteiger partial charge in [0.1, 0.15) is 0 Å². The molecule has 0 aliphatic heterocycles. The van der Waals surface area contributed by atoms with Gasteiger partial charge in [-0.1, -0.05) is 0 Å². The Hall–Kier alpha value is 2.69. The van der Waals surface area contributed by atoms with Gasteiger partial charge >= 0.3 is 82.2 Å². The summed E-state index contributed by atoms with van der Waals surface area (Å²) in [6.07, 6.45) is 0. The second kappa shape index (κ2) is 30.0. The van der Waals surface area contributed by atoms with Crippen molar-refractivity contribution in [3.63, 3.8) is 0 Å². The fourth-order valence-electron chi connectivity index (χ4n) is 0. The maximum atomic E-state index is 0. The van der Waals surface area contributed by atoms with E-state index in [9.17, 15) is 0 Å². The van der Waals surface area contributed by atoms with Crippen LogP contribution in [0.5, 0.6) is 0 Å². The van der Waals surface area contributed by atoms with Crippen molar-refractivity contribution in [2.75, 3.05) is 0 Å². The van der Waals surface area contributed by atoms with Gasteiger partial charge in [-0.3, -0.25) is 0 Å². The molecule has 0 aromatic heterocycles. The Morgan fingerprint density at radius 3 is 0.600 bits per heavy atom. The Balaban J connectivity index is 0. The van der Waals surface area contributed by atoms with Crippen molar-refractivity contribution >= 4 is 23.1 Å². The first-order valence-corrected chi connectivity index (χ1v) is 0. The van der Waals surface area contributed by atoms with Gasteiger partial charge in [0.2, 0.25) is 0 Å². The molecule has 0 saturated carbocycles. The van der Waals surface area contributed by atoms with Gasteiger partial charge < -0.3 is 11.0 Å². The van der Waals surface area contributed by atoms with E-state index < -0.39 is 0 Å². The Morgan fingerprint density at radius 2 is 0.600 bits per heavy atom. The van der Waals surface area contributed by atoms with Crippen molar-refractivity contribution in [3.05, 3.63) is 0 Å². The molecule has 0 atom stereocenters. The van der Waals surface area contributed by atoms with Crippen LogP contribution in [0, 0.1) is 0 Å². The zero-order chi connectivity index (χ0) is 0. The Morgan fingerprint density at radius 1 is 0.600 bits per heavy atom. The molecule has 0 aromatic rings. The Bertz CT molecular complexity index is 7.61. The minimum Gasteiger partial charge on any atom is -2.00 e. The molecular formula is MgNa2O2. The van der Waals surface area contributed by atoms with Crippen LogP contribution in [0.3, 0.4) is 0 Å². The molecule has 0 N–H and O–H groups in total. The van der Waals surface area contributed by atoms with Crippen LogP contribution in [0.2, 0.25) is 0 Å². The molecule has 0 amide bonds. The van der Waals surface area contributed by atoms with Crippen LogP contribution in [0.25, 0.3) is 0 Å². The van der Waals surface area contributed by atoms with Crippen LogP contribution in [0.1, 0.15) is 0 Å². The molecule has 0 bridgehead atoms. The molecule has 0 aromatic carbocycles. The quantitative estimate of drug-likeness (QED) is 0.273. The van der Waals surface area contributed by atoms with Gasteiger partial charge in [0.25, 0.3) is 0 Å². The van der Waals surface area contributed by atoms with E-state index in [-0.39, 0.29) is 93.1 Å². The van der Waals surface area contributed by atoms with Gasteiger partial charge in [-0.05, 0) is 0 Å². The summed E-state index contributed by atoms with van der Waals surface area (Å²) in [7, 11) is 0. The van der Waals surface area contributed by atoms with E-state index in [0.717, 1.165) is 0 Å². The molecule has 5 heteroatoms. The molecule has 2 nitrogen and oxygen atoms in total. The minimum absolute atomic E-state index is 0. The Labute approximate surface area is 91.4 Å². The first-order valence-electron chi connectivity index (χ1n) is 0. The summed E-state index contributed by atoms with van der Waals surface area (Å²) in [5, 5.41) is 0. The molecular weight excluding hydrogens is 102 g/mol. The molecule has 0 radical (unpaired) electrons. The van der Waals surface area contributed by atoms with Crippen LogP contribution in [0.15, 0.2) is 0 Å². The maximum absolute atomic E-state index is 0. The third-order valence-electron chi connectivity index (χ3n) is 0. The summed E-state index contributed by atoms with van der Waals surface area (Å²) in [4.78, 5) is 0. The first kappa shape index (κ1) is 47.6. The van der Waals surface area contributed by atoms with Crippen molar-refractivity contribution in [3.8, 4) is 0 Å². The number of hydrogen-bond donors (Lipinski definition) is 0. The summed E-state index contributed by atoms with van der Waals surface area (Å²) >= 11 is 0. The normalized spacial score (nSPS) is 0. The molecule has 0 saturated heterocycles. The van der Waals surface area contributed by atoms with Gasteiger partial charge in [-0.2, -0.15) is 0 Å². The van der Waals surface area contributed by atoms with E-state index in [2.05, 4.69) is 0 Å². The topological polar surface area (TPSA) is 57.0 Å². The zero-order valence-electron chi connectivity index (χ0n) is 3.52. The van der Waals surface area contributed by atoms with Crippen LogP contribution in [-0.2, 0) is 11.0 Å². The largest absolute Gasteiger partial charge is 2.00 e. The van der Waals surface area contributed by atoms with Gasteiger partial charge in [0.05, 0.1) is 0 Å². The summed E-state index contributed by atoms with van der Waals surface area (Å²) in [6, 6.07) is 0. The number of hydrogen-bond acceptors (Lipinski definition) is 0. The van der Waals surface area contributed by atoms with Crippen molar-refractivity contribution < 1.29 is 70.1 Å². The van der Waals surface area contributed by atoms with E-state index in [1.807, 2.05) is 0 Å². The van der Waals surface area contributed by atoms with Gasteiger partial charge in [0.15, 0.2) is 0 Å². The second-order valence-corrected chi connectivity index (χ2v) is 0. The summed E-state index contributed by atoms with van der Waals surface area (Å²) in [5.74, 6) is 0. The molecule has 0 spiro atoms. The van der Waals surface area contributed by atoms with Crippen molar-refractivity contribution in [2.45, 2.75) is 0 Å². The van der Waals surface area contributed by atoms with Crippen LogP contribution < -0.4 is 59.1 Å². The van der Waals surface area contributed by atoms with E-state index >= 15 is 0 Å². The van der Waals surface area contributed by atoms with Crippen molar-refractivity contribution in [1.82, 2.24) is 0 Å². The van der Waals surface area contributed by atoms with E-state index in [1.54, 1.807) is 0 Å². The third-order valence-corrected chi connectivity index (χ3v) is 0. The molecule has 0 fully saturated rings. The van der Waals surface area contributed by atoms with Gasteiger partial charge in [-0.25, -0.2) is 0 Å². The average molecular weight is 102 g/mol. The molecule has 5 heavy (non-hydrogen) atoms. The van der Waals surface area contributed by atoms with Crippen molar-refractivity contribution in [1.29, 1.82) is 0 Å². The summed E-state index contributed by atoms with van der Waals surface area (Å²) in [6.45, 7) is 0. The molecule has 0 heterocycles. The molecule has 0 aliphatic rings. The summed E-state index contributed by atoms with van der Waals surface area (Å²) < 4.78 is 0. The average Bonchev–Trinajstić information content (AvgIpc) is 0. The molecule has 0 unspecified atom stereocenters. The number of rotatable bonds is 0. The predicted molar refractivity (Wildman–Crippen MR) is 7.13 cm³/mol. The standard InChI is InChI=1S/Mg.2Na.2O/q+2;2*+1;2*-2. The first-order chi connectivity index (χ1) is 0. The smallest absolute Gasteiger partial charge is 2.00 e. The molecule has 0 aliphatic carbocycles. The zero-order valence-corrected chi connectivity index (χ0v) is 8.94. The van der Waals surface area contributed by atoms with Gasteiger partial charge in [0, 0.05) is 0 Å². The predicted octanol–water partition coefficient (Wildman–Crippen LogP) is -6.61. The summed E-state index contributed by atoms with van der Waals surface area (Å²) in [5.41, 5.74) is 0. The minimum atomic E-state index is 0.